The second-order valence-electron chi connectivity index (χ2n) is 4.90. The van der Waals surface area contributed by atoms with E-state index in [1.54, 1.807) is 0 Å². The van der Waals surface area contributed by atoms with E-state index in [4.69, 9.17) is 4.74 Å². The molecule has 1 saturated heterocycles. The lowest BCUT2D eigenvalue weighted by Gasteiger charge is -2.21. The third-order valence-electron chi connectivity index (χ3n) is 3.67. The van der Waals surface area contributed by atoms with Crippen molar-refractivity contribution >= 4 is 27.4 Å². The zero-order valence-electron chi connectivity index (χ0n) is 11.0. The zero-order chi connectivity index (χ0) is 13.2. The van der Waals surface area contributed by atoms with Crippen molar-refractivity contribution in [2.75, 3.05) is 13.7 Å². The van der Waals surface area contributed by atoms with Gasteiger partial charge in [-0.3, -0.25) is 9.69 Å². The van der Waals surface area contributed by atoms with Gasteiger partial charge >= 0.3 is 5.97 Å². The number of methoxy groups -OCH3 is 1. The molecule has 100 valence electrons. The molecule has 1 fully saturated rings. The molecule has 2 heterocycles. The van der Waals surface area contributed by atoms with E-state index in [1.165, 1.54) is 22.1 Å². The first-order chi connectivity index (χ1) is 9.28. The molecule has 19 heavy (non-hydrogen) atoms. The van der Waals surface area contributed by atoms with E-state index in [1.807, 2.05) is 11.3 Å². The van der Waals surface area contributed by atoms with Crippen LogP contribution in [0.4, 0.5) is 0 Å². The number of benzene rings is 1. The van der Waals surface area contributed by atoms with Crippen LogP contribution in [0.2, 0.25) is 0 Å². The minimum atomic E-state index is -0.0985. The van der Waals surface area contributed by atoms with Crippen molar-refractivity contribution in [3.8, 4) is 0 Å². The lowest BCUT2D eigenvalue weighted by atomic mass is 10.2. The molecule has 1 aromatic heterocycles. The summed E-state index contributed by atoms with van der Waals surface area (Å²) in [5.74, 6) is -0.0985. The fourth-order valence-electron chi connectivity index (χ4n) is 2.73. The highest BCUT2D eigenvalue weighted by atomic mass is 32.1. The summed E-state index contributed by atoms with van der Waals surface area (Å²) in [6, 6.07) is 10.6. The minimum Gasteiger partial charge on any atom is -0.468 e. The van der Waals surface area contributed by atoms with Gasteiger partial charge in [0, 0.05) is 16.1 Å². The first-order valence-corrected chi connectivity index (χ1v) is 7.39. The Bertz CT molecular complexity index is 560. The normalized spacial score (nSPS) is 19.9. The number of hydrogen-bond acceptors (Lipinski definition) is 4. The maximum Gasteiger partial charge on any atom is 0.323 e. The molecule has 0 bridgehead atoms. The molecule has 1 atom stereocenters. The summed E-state index contributed by atoms with van der Waals surface area (Å²) in [4.78, 5) is 15.3. The highest BCUT2D eigenvalue weighted by molar-refractivity contribution is 7.19. The van der Waals surface area contributed by atoms with Crippen LogP contribution in [0.25, 0.3) is 10.1 Å². The van der Waals surface area contributed by atoms with Gasteiger partial charge in [-0.05, 0) is 36.9 Å². The van der Waals surface area contributed by atoms with Crippen molar-refractivity contribution in [2.24, 2.45) is 0 Å². The van der Waals surface area contributed by atoms with Crippen LogP contribution >= 0.6 is 11.3 Å². The summed E-state index contributed by atoms with van der Waals surface area (Å²) in [6.45, 7) is 1.83. The molecule has 0 saturated carbocycles. The Morgan fingerprint density at radius 1 is 1.47 bits per heavy atom. The molecule has 0 aliphatic carbocycles. The van der Waals surface area contributed by atoms with Crippen molar-refractivity contribution in [3.63, 3.8) is 0 Å². The summed E-state index contributed by atoms with van der Waals surface area (Å²) in [5, 5.41) is 1.29. The Labute approximate surface area is 116 Å². The van der Waals surface area contributed by atoms with Crippen LogP contribution in [0.1, 0.15) is 17.7 Å². The molecule has 0 amide bonds. The monoisotopic (exact) mass is 275 g/mol. The molecule has 0 radical (unpaired) electrons. The van der Waals surface area contributed by atoms with Gasteiger partial charge in [-0.25, -0.2) is 0 Å². The van der Waals surface area contributed by atoms with Crippen LogP contribution in [-0.4, -0.2) is 30.6 Å². The predicted octanol–water partition coefficient (Wildman–Crippen LogP) is 3.04. The lowest BCUT2D eigenvalue weighted by molar-refractivity contribution is -0.146. The number of esters is 1. The van der Waals surface area contributed by atoms with Gasteiger partial charge in [-0.1, -0.05) is 18.2 Å². The van der Waals surface area contributed by atoms with Gasteiger partial charge in [0.05, 0.1) is 7.11 Å². The van der Waals surface area contributed by atoms with E-state index in [2.05, 4.69) is 35.2 Å². The molecule has 0 N–H and O–H groups in total. The Morgan fingerprint density at radius 3 is 3.11 bits per heavy atom. The smallest absolute Gasteiger partial charge is 0.323 e. The van der Waals surface area contributed by atoms with Gasteiger partial charge in [-0.15, -0.1) is 11.3 Å². The molecule has 1 unspecified atom stereocenters. The SMILES string of the molecule is COC(=O)C1CCCN1Cc1cc2ccccc2s1. The molecular weight excluding hydrogens is 258 g/mol. The summed E-state index contributed by atoms with van der Waals surface area (Å²) in [7, 11) is 1.47. The molecule has 1 aliphatic heterocycles. The Morgan fingerprint density at radius 2 is 2.32 bits per heavy atom. The largest absolute Gasteiger partial charge is 0.468 e. The fraction of sp³-hybridized carbons (Fsp3) is 0.400. The van der Waals surface area contributed by atoms with Crippen molar-refractivity contribution in [1.29, 1.82) is 0 Å². The fourth-order valence-corrected chi connectivity index (χ4v) is 3.82. The number of rotatable bonds is 3. The third kappa shape index (κ3) is 2.51. The molecule has 3 rings (SSSR count). The van der Waals surface area contributed by atoms with Gasteiger partial charge in [0.25, 0.3) is 0 Å². The first-order valence-electron chi connectivity index (χ1n) is 6.57. The van der Waals surface area contributed by atoms with Gasteiger partial charge in [0.2, 0.25) is 0 Å². The van der Waals surface area contributed by atoms with Crippen molar-refractivity contribution in [2.45, 2.75) is 25.4 Å². The summed E-state index contributed by atoms with van der Waals surface area (Å²) >= 11 is 1.81. The summed E-state index contributed by atoms with van der Waals surface area (Å²) < 4.78 is 6.20. The molecule has 1 aromatic carbocycles. The van der Waals surface area contributed by atoms with Crippen LogP contribution in [0.5, 0.6) is 0 Å². The summed E-state index contributed by atoms with van der Waals surface area (Å²) in [5.41, 5.74) is 0. The maximum absolute atomic E-state index is 11.7. The van der Waals surface area contributed by atoms with E-state index in [0.29, 0.717) is 0 Å². The van der Waals surface area contributed by atoms with Crippen molar-refractivity contribution in [1.82, 2.24) is 4.90 Å². The second-order valence-corrected chi connectivity index (χ2v) is 6.07. The van der Waals surface area contributed by atoms with Crippen LogP contribution < -0.4 is 0 Å². The van der Waals surface area contributed by atoms with Crippen LogP contribution in [0, 0.1) is 0 Å². The summed E-state index contributed by atoms with van der Waals surface area (Å²) in [6.07, 6.45) is 1.99. The number of likely N-dealkylation sites (tertiary alicyclic amines) is 1. The highest BCUT2D eigenvalue weighted by Gasteiger charge is 2.31. The van der Waals surface area contributed by atoms with Crippen LogP contribution in [0.3, 0.4) is 0 Å². The number of nitrogens with zero attached hydrogens (tertiary/aromatic N) is 1. The van der Waals surface area contributed by atoms with Crippen molar-refractivity contribution in [3.05, 3.63) is 35.2 Å². The average Bonchev–Trinajstić information content (AvgIpc) is 3.04. The van der Waals surface area contributed by atoms with Crippen LogP contribution in [0.15, 0.2) is 30.3 Å². The second kappa shape index (κ2) is 5.31. The Balaban J connectivity index is 1.78. The zero-order valence-corrected chi connectivity index (χ0v) is 11.8. The molecule has 1 aliphatic rings. The number of carbonyl (C=O) groups excluding carboxylic acids is 1. The maximum atomic E-state index is 11.7. The van der Waals surface area contributed by atoms with E-state index in [-0.39, 0.29) is 12.0 Å². The molecule has 3 nitrogen and oxygen atoms in total. The molecule has 4 heteroatoms. The lowest BCUT2D eigenvalue weighted by Crippen LogP contribution is -2.36. The Kier molecular flexibility index (Phi) is 3.53. The molecule has 2 aromatic rings. The quantitative estimate of drug-likeness (QED) is 0.806. The number of carbonyl (C=O) groups is 1. The van der Waals surface area contributed by atoms with E-state index < -0.39 is 0 Å². The highest BCUT2D eigenvalue weighted by Crippen LogP contribution is 2.28. The first kappa shape index (κ1) is 12.6. The standard InChI is InChI=1S/C15H17NO2S/c1-18-15(17)13-6-4-8-16(13)10-12-9-11-5-2-3-7-14(11)19-12/h2-3,5,7,9,13H,4,6,8,10H2,1H3. The molecule has 0 spiro atoms. The average molecular weight is 275 g/mol. The predicted molar refractivity (Wildman–Crippen MR) is 77.3 cm³/mol. The number of ether oxygens (including phenoxy) is 1. The van der Waals surface area contributed by atoms with Gasteiger partial charge < -0.3 is 4.74 Å². The Hall–Kier alpha value is -1.39. The van der Waals surface area contributed by atoms with E-state index in [0.717, 1.165) is 25.9 Å². The van der Waals surface area contributed by atoms with Gasteiger partial charge in [-0.2, -0.15) is 0 Å². The van der Waals surface area contributed by atoms with Gasteiger partial charge in [0.1, 0.15) is 6.04 Å². The third-order valence-corrected chi connectivity index (χ3v) is 4.77. The van der Waals surface area contributed by atoms with Gasteiger partial charge in [0.15, 0.2) is 0 Å². The van der Waals surface area contributed by atoms with E-state index >= 15 is 0 Å². The number of hydrogen-bond donors (Lipinski definition) is 0. The topological polar surface area (TPSA) is 29.5 Å². The molecular formula is C15H17NO2S. The number of fused-ring (bicyclic) bond motifs is 1. The minimum absolute atomic E-state index is 0.0600. The number of thiophene rings is 1. The van der Waals surface area contributed by atoms with E-state index in [9.17, 15) is 4.79 Å². The van der Waals surface area contributed by atoms with Crippen molar-refractivity contribution < 1.29 is 9.53 Å². The van der Waals surface area contributed by atoms with Crippen LogP contribution in [-0.2, 0) is 16.1 Å².